The Balaban J connectivity index is 1.94. The lowest BCUT2D eigenvalue weighted by Gasteiger charge is -2.31. The highest BCUT2D eigenvalue weighted by atomic mass is 16.2. The summed E-state index contributed by atoms with van der Waals surface area (Å²) in [6.45, 7) is 5.18. The van der Waals surface area contributed by atoms with Crippen molar-refractivity contribution in [3.8, 4) is 0 Å². The Morgan fingerprint density at radius 2 is 1.36 bits per heavy atom. The van der Waals surface area contributed by atoms with E-state index in [-0.39, 0.29) is 17.9 Å². The molecule has 0 aromatic rings. The Morgan fingerprint density at radius 3 is 1.91 bits per heavy atom. The summed E-state index contributed by atoms with van der Waals surface area (Å²) >= 11 is 0. The molecule has 1 saturated carbocycles. The van der Waals surface area contributed by atoms with E-state index in [0.29, 0.717) is 0 Å². The van der Waals surface area contributed by atoms with Gasteiger partial charge in [0, 0.05) is 19.1 Å². The second-order valence-electron chi connectivity index (χ2n) is 7.49. The van der Waals surface area contributed by atoms with Gasteiger partial charge in [0.05, 0.1) is 0 Å². The van der Waals surface area contributed by atoms with E-state index in [1.165, 1.54) is 38.5 Å². The van der Waals surface area contributed by atoms with Gasteiger partial charge in [-0.15, -0.1) is 0 Å². The molecule has 1 aliphatic heterocycles. The number of carbonyl (C=O) groups excluding carboxylic acids is 2. The van der Waals surface area contributed by atoms with Gasteiger partial charge in [0.1, 0.15) is 5.41 Å². The summed E-state index contributed by atoms with van der Waals surface area (Å²) in [5, 5.41) is 3.15. The average Bonchev–Trinajstić information content (AvgIpc) is 2.90. The summed E-state index contributed by atoms with van der Waals surface area (Å²) in [4.78, 5) is 27.3. The summed E-state index contributed by atoms with van der Waals surface area (Å²) in [5.41, 5.74) is -0.948. The van der Waals surface area contributed by atoms with Gasteiger partial charge in [-0.05, 0) is 39.5 Å². The standard InChI is InChI=1S/C18H32N2O2/c1-18(2,17(22)20-13-9-5-6-10-14-20)16(21)19-15-11-7-3-4-8-12-15/h15H,3-14H2,1-2H3,(H,19,21). The van der Waals surface area contributed by atoms with Crippen LogP contribution < -0.4 is 5.32 Å². The molecule has 1 heterocycles. The summed E-state index contributed by atoms with van der Waals surface area (Å²) < 4.78 is 0. The molecule has 0 aromatic carbocycles. The van der Waals surface area contributed by atoms with E-state index in [9.17, 15) is 9.59 Å². The Hall–Kier alpha value is -1.06. The van der Waals surface area contributed by atoms with Gasteiger partial charge in [-0.1, -0.05) is 38.5 Å². The first-order valence-corrected chi connectivity index (χ1v) is 9.12. The summed E-state index contributed by atoms with van der Waals surface area (Å²) in [6, 6.07) is 0.256. The highest BCUT2D eigenvalue weighted by molar-refractivity contribution is 6.04. The van der Waals surface area contributed by atoms with Crippen molar-refractivity contribution in [2.75, 3.05) is 13.1 Å². The van der Waals surface area contributed by atoms with E-state index in [1.54, 1.807) is 13.8 Å². The fraction of sp³-hybridized carbons (Fsp3) is 0.889. The van der Waals surface area contributed by atoms with Crippen LogP contribution in [0.5, 0.6) is 0 Å². The second-order valence-corrected chi connectivity index (χ2v) is 7.49. The van der Waals surface area contributed by atoms with Crippen molar-refractivity contribution < 1.29 is 9.59 Å². The third-order valence-electron chi connectivity index (χ3n) is 5.19. The summed E-state index contributed by atoms with van der Waals surface area (Å²) in [5.74, 6) is -0.0887. The monoisotopic (exact) mass is 308 g/mol. The Kier molecular flexibility index (Phi) is 6.27. The van der Waals surface area contributed by atoms with Crippen LogP contribution in [0.15, 0.2) is 0 Å². The number of hydrogen-bond acceptors (Lipinski definition) is 2. The molecule has 0 bridgehead atoms. The van der Waals surface area contributed by atoms with Crippen molar-refractivity contribution in [3.05, 3.63) is 0 Å². The SMILES string of the molecule is CC(C)(C(=O)NC1CCCCCC1)C(=O)N1CCCCCC1. The van der Waals surface area contributed by atoms with Gasteiger partial charge in [-0.25, -0.2) is 0 Å². The van der Waals surface area contributed by atoms with Crippen LogP contribution in [0, 0.1) is 5.41 Å². The van der Waals surface area contributed by atoms with Gasteiger partial charge in [-0.3, -0.25) is 9.59 Å². The molecule has 0 atom stereocenters. The molecular formula is C18H32N2O2. The van der Waals surface area contributed by atoms with Crippen molar-refractivity contribution in [2.45, 2.75) is 84.1 Å². The topological polar surface area (TPSA) is 49.4 Å². The van der Waals surface area contributed by atoms with Gasteiger partial charge in [0.2, 0.25) is 11.8 Å². The highest BCUT2D eigenvalue weighted by Gasteiger charge is 2.39. The fourth-order valence-corrected chi connectivity index (χ4v) is 3.56. The van der Waals surface area contributed by atoms with Gasteiger partial charge in [0.15, 0.2) is 0 Å². The van der Waals surface area contributed by atoms with Crippen molar-refractivity contribution >= 4 is 11.8 Å². The molecule has 4 nitrogen and oxygen atoms in total. The summed E-state index contributed by atoms with van der Waals surface area (Å²) in [6.07, 6.45) is 11.5. The van der Waals surface area contributed by atoms with Crippen LogP contribution >= 0.6 is 0 Å². The normalized spacial score (nSPS) is 21.8. The van der Waals surface area contributed by atoms with Crippen LogP contribution in [-0.4, -0.2) is 35.8 Å². The molecule has 1 N–H and O–H groups in total. The van der Waals surface area contributed by atoms with E-state index < -0.39 is 5.41 Å². The maximum Gasteiger partial charge on any atom is 0.237 e. The van der Waals surface area contributed by atoms with Crippen molar-refractivity contribution in [1.29, 1.82) is 0 Å². The molecule has 126 valence electrons. The van der Waals surface area contributed by atoms with E-state index in [4.69, 9.17) is 0 Å². The number of amides is 2. The Labute approximate surface area is 135 Å². The van der Waals surface area contributed by atoms with Crippen molar-refractivity contribution in [3.63, 3.8) is 0 Å². The third-order valence-corrected chi connectivity index (χ3v) is 5.19. The van der Waals surface area contributed by atoms with E-state index in [1.807, 2.05) is 4.90 Å². The van der Waals surface area contributed by atoms with E-state index in [2.05, 4.69) is 5.32 Å². The smallest absolute Gasteiger partial charge is 0.237 e. The van der Waals surface area contributed by atoms with Gasteiger partial charge < -0.3 is 10.2 Å². The Morgan fingerprint density at radius 1 is 0.864 bits per heavy atom. The molecule has 22 heavy (non-hydrogen) atoms. The molecule has 4 heteroatoms. The highest BCUT2D eigenvalue weighted by Crippen LogP contribution is 2.24. The van der Waals surface area contributed by atoms with Crippen LogP contribution in [0.4, 0.5) is 0 Å². The maximum atomic E-state index is 12.8. The molecule has 2 rings (SSSR count). The molecule has 0 aromatic heterocycles. The Bertz CT molecular complexity index is 377. The van der Waals surface area contributed by atoms with Crippen molar-refractivity contribution in [2.24, 2.45) is 5.41 Å². The average molecular weight is 308 g/mol. The zero-order valence-electron chi connectivity index (χ0n) is 14.3. The van der Waals surface area contributed by atoms with Crippen LogP contribution in [0.25, 0.3) is 0 Å². The fourth-order valence-electron chi connectivity index (χ4n) is 3.56. The zero-order chi connectivity index (χ0) is 16.0. The van der Waals surface area contributed by atoms with Crippen LogP contribution in [0.2, 0.25) is 0 Å². The molecule has 0 radical (unpaired) electrons. The number of nitrogens with zero attached hydrogens (tertiary/aromatic N) is 1. The molecule has 2 amide bonds. The van der Waals surface area contributed by atoms with Crippen molar-refractivity contribution in [1.82, 2.24) is 10.2 Å². The van der Waals surface area contributed by atoms with Crippen LogP contribution in [0.1, 0.15) is 78.1 Å². The molecule has 1 aliphatic carbocycles. The first-order chi connectivity index (χ1) is 10.5. The quantitative estimate of drug-likeness (QED) is 0.642. The molecule has 2 fully saturated rings. The minimum Gasteiger partial charge on any atom is -0.352 e. The molecule has 2 aliphatic rings. The van der Waals surface area contributed by atoms with Gasteiger partial charge >= 0.3 is 0 Å². The summed E-state index contributed by atoms with van der Waals surface area (Å²) in [7, 11) is 0. The minimum atomic E-state index is -0.948. The minimum absolute atomic E-state index is 0.000483. The molecule has 0 spiro atoms. The predicted molar refractivity (Wildman–Crippen MR) is 88.5 cm³/mol. The zero-order valence-corrected chi connectivity index (χ0v) is 14.3. The number of likely N-dealkylation sites (tertiary alicyclic amines) is 1. The largest absolute Gasteiger partial charge is 0.352 e. The third kappa shape index (κ3) is 4.47. The molecular weight excluding hydrogens is 276 g/mol. The first-order valence-electron chi connectivity index (χ1n) is 9.12. The number of nitrogens with one attached hydrogen (secondary N) is 1. The maximum absolute atomic E-state index is 12.8. The van der Waals surface area contributed by atoms with E-state index in [0.717, 1.165) is 38.8 Å². The molecule has 0 unspecified atom stereocenters. The second kappa shape index (κ2) is 7.98. The lowest BCUT2D eigenvalue weighted by atomic mass is 9.89. The first kappa shape index (κ1) is 17.3. The van der Waals surface area contributed by atoms with Crippen LogP contribution in [-0.2, 0) is 9.59 Å². The lowest BCUT2D eigenvalue weighted by molar-refractivity contribution is -0.148. The number of rotatable bonds is 3. The molecule has 1 saturated heterocycles. The van der Waals surface area contributed by atoms with Crippen LogP contribution in [0.3, 0.4) is 0 Å². The van der Waals surface area contributed by atoms with E-state index >= 15 is 0 Å². The van der Waals surface area contributed by atoms with Gasteiger partial charge in [-0.2, -0.15) is 0 Å². The lowest BCUT2D eigenvalue weighted by Crippen LogP contribution is -2.51. The predicted octanol–water partition coefficient (Wildman–Crippen LogP) is 3.25. The van der Waals surface area contributed by atoms with Gasteiger partial charge in [0.25, 0.3) is 0 Å². The number of hydrogen-bond donors (Lipinski definition) is 1. The number of carbonyl (C=O) groups is 2.